The molecule has 0 amide bonds. The molecule has 1 aliphatic heterocycles. The van der Waals surface area contributed by atoms with Crippen LogP contribution >= 0.6 is 0 Å². The lowest BCUT2D eigenvalue weighted by molar-refractivity contribution is -0.384. The van der Waals surface area contributed by atoms with Crippen LogP contribution in [0, 0.1) is 10.1 Å². The van der Waals surface area contributed by atoms with Gasteiger partial charge in [0.15, 0.2) is 0 Å². The summed E-state index contributed by atoms with van der Waals surface area (Å²) in [6.07, 6.45) is 3.59. The Morgan fingerprint density at radius 2 is 2.33 bits per heavy atom. The van der Waals surface area contributed by atoms with E-state index in [0.29, 0.717) is 18.8 Å². The fraction of sp³-hybridized carbons (Fsp3) is 0.455. The van der Waals surface area contributed by atoms with Gasteiger partial charge in [0, 0.05) is 18.8 Å². The number of pyridine rings is 1. The summed E-state index contributed by atoms with van der Waals surface area (Å²) < 4.78 is 0. The van der Waals surface area contributed by atoms with Gasteiger partial charge in [0.25, 0.3) is 5.69 Å². The highest BCUT2D eigenvalue weighted by atomic mass is 16.6. The van der Waals surface area contributed by atoms with Crippen molar-refractivity contribution in [1.29, 1.82) is 0 Å². The molecule has 0 spiro atoms. The molecule has 2 rings (SSSR count). The smallest absolute Gasteiger partial charge is 0.326 e. The largest absolute Gasteiger partial charge is 0.480 e. The summed E-state index contributed by atoms with van der Waals surface area (Å²) in [5, 5.41) is 19.8. The van der Waals surface area contributed by atoms with Gasteiger partial charge in [0.2, 0.25) is 0 Å². The number of aromatic nitrogens is 1. The Balaban J connectivity index is 2.30. The molecule has 18 heavy (non-hydrogen) atoms. The van der Waals surface area contributed by atoms with E-state index in [0.717, 1.165) is 12.8 Å². The highest BCUT2D eigenvalue weighted by molar-refractivity contribution is 5.78. The summed E-state index contributed by atoms with van der Waals surface area (Å²) in [4.78, 5) is 27.0. The van der Waals surface area contributed by atoms with Crippen molar-refractivity contribution in [3.05, 3.63) is 28.4 Å². The van der Waals surface area contributed by atoms with E-state index in [1.54, 1.807) is 4.90 Å². The van der Waals surface area contributed by atoms with E-state index in [2.05, 4.69) is 4.98 Å². The van der Waals surface area contributed by atoms with E-state index >= 15 is 0 Å². The van der Waals surface area contributed by atoms with Crippen LogP contribution in [-0.4, -0.2) is 33.6 Å². The van der Waals surface area contributed by atoms with Crippen molar-refractivity contribution in [1.82, 2.24) is 4.98 Å². The monoisotopic (exact) mass is 251 g/mol. The number of nitro groups is 1. The highest BCUT2D eigenvalue weighted by Crippen LogP contribution is 2.25. The lowest BCUT2D eigenvalue weighted by Crippen LogP contribution is -2.45. The van der Waals surface area contributed by atoms with Crippen LogP contribution in [0.25, 0.3) is 0 Å². The number of anilines is 1. The van der Waals surface area contributed by atoms with Gasteiger partial charge < -0.3 is 10.0 Å². The molecule has 0 bridgehead atoms. The fourth-order valence-electron chi connectivity index (χ4n) is 2.14. The van der Waals surface area contributed by atoms with Gasteiger partial charge in [-0.2, -0.15) is 0 Å². The summed E-state index contributed by atoms with van der Waals surface area (Å²) >= 11 is 0. The minimum Gasteiger partial charge on any atom is -0.480 e. The zero-order chi connectivity index (χ0) is 13.1. The molecular weight excluding hydrogens is 238 g/mol. The second-order valence-electron chi connectivity index (χ2n) is 4.17. The Morgan fingerprint density at radius 3 is 3.00 bits per heavy atom. The highest BCUT2D eigenvalue weighted by Gasteiger charge is 2.29. The van der Waals surface area contributed by atoms with Crippen LogP contribution in [0.2, 0.25) is 0 Å². The number of rotatable bonds is 3. The molecule has 1 aliphatic rings. The Labute approximate surface area is 103 Å². The first kappa shape index (κ1) is 12.3. The Morgan fingerprint density at radius 1 is 1.56 bits per heavy atom. The SMILES string of the molecule is O=C(O)C1CCCCN1c1cc([N+](=O)[O-])ccn1. The number of carbonyl (C=O) groups is 1. The normalized spacial score (nSPS) is 19.6. The molecule has 1 fully saturated rings. The van der Waals surface area contributed by atoms with E-state index in [-0.39, 0.29) is 5.69 Å². The van der Waals surface area contributed by atoms with E-state index in [4.69, 9.17) is 5.11 Å². The molecule has 1 atom stereocenters. The molecule has 0 saturated carbocycles. The lowest BCUT2D eigenvalue weighted by Gasteiger charge is -2.33. The van der Waals surface area contributed by atoms with Crippen LogP contribution in [0.4, 0.5) is 11.5 Å². The second kappa shape index (κ2) is 4.99. The number of piperidine rings is 1. The standard InChI is InChI=1S/C11H13N3O4/c15-11(16)9-3-1-2-6-13(9)10-7-8(14(17)18)4-5-12-10/h4-5,7,9H,1-3,6H2,(H,15,16). The van der Waals surface area contributed by atoms with Crippen LogP contribution in [0.3, 0.4) is 0 Å². The molecule has 0 radical (unpaired) electrons. The minimum absolute atomic E-state index is 0.0743. The first-order chi connectivity index (χ1) is 8.59. The topological polar surface area (TPSA) is 96.6 Å². The molecule has 1 aromatic rings. The second-order valence-corrected chi connectivity index (χ2v) is 4.17. The number of hydrogen-bond acceptors (Lipinski definition) is 5. The van der Waals surface area contributed by atoms with Crippen molar-refractivity contribution in [3.63, 3.8) is 0 Å². The van der Waals surface area contributed by atoms with Crippen LogP contribution in [0.15, 0.2) is 18.3 Å². The van der Waals surface area contributed by atoms with Gasteiger partial charge in [0.05, 0.1) is 11.0 Å². The zero-order valence-electron chi connectivity index (χ0n) is 9.65. The van der Waals surface area contributed by atoms with Gasteiger partial charge in [0.1, 0.15) is 11.9 Å². The molecular formula is C11H13N3O4. The molecule has 96 valence electrons. The Hall–Kier alpha value is -2.18. The molecule has 1 unspecified atom stereocenters. The number of hydrogen-bond donors (Lipinski definition) is 1. The van der Waals surface area contributed by atoms with Crippen molar-refractivity contribution < 1.29 is 14.8 Å². The first-order valence-corrected chi connectivity index (χ1v) is 5.69. The van der Waals surface area contributed by atoms with Crippen molar-refractivity contribution in [2.75, 3.05) is 11.4 Å². The number of nitrogens with zero attached hydrogens (tertiary/aromatic N) is 3. The molecule has 1 aromatic heterocycles. The predicted octanol–water partition coefficient (Wildman–Crippen LogP) is 1.43. The summed E-state index contributed by atoms with van der Waals surface area (Å²) in [5.74, 6) is -0.556. The summed E-state index contributed by atoms with van der Waals surface area (Å²) in [7, 11) is 0. The molecule has 1 N–H and O–H groups in total. The summed E-state index contributed by atoms with van der Waals surface area (Å²) in [6.45, 7) is 0.561. The van der Waals surface area contributed by atoms with E-state index in [9.17, 15) is 14.9 Å². The minimum atomic E-state index is -0.914. The van der Waals surface area contributed by atoms with Gasteiger partial charge in [-0.25, -0.2) is 9.78 Å². The molecule has 7 nitrogen and oxygen atoms in total. The maximum absolute atomic E-state index is 11.2. The lowest BCUT2D eigenvalue weighted by atomic mass is 10.0. The maximum atomic E-state index is 11.2. The number of carboxylic acid groups (broad SMARTS) is 1. The molecule has 0 aromatic carbocycles. The number of carboxylic acids is 1. The summed E-state index contributed by atoms with van der Waals surface area (Å²) in [5.41, 5.74) is -0.0743. The Kier molecular flexibility index (Phi) is 3.40. The van der Waals surface area contributed by atoms with Gasteiger partial charge in [-0.15, -0.1) is 0 Å². The molecule has 2 heterocycles. The van der Waals surface area contributed by atoms with Gasteiger partial charge in [-0.05, 0) is 19.3 Å². The zero-order valence-corrected chi connectivity index (χ0v) is 9.65. The third-order valence-electron chi connectivity index (χ3n) is 3.02. The third-order valence-corrected chi connectivity index (χ3v) is 3.02. The van der Waals surface area contributed by atoms with Crippen molar-refractivity contribution >= 4 is 17.5 Å². The third kappa shape index (κ3) is 2.39. The molecule has 0 aliphatic carbocycles. The van der Waals surface area contributed by atoms with E-state index < -0.39 is 16.9 Å². The predicted molar refractivity (Wildman–Crippen MR) is 63.5 cm³/mol. The van der Waals surface area contributed by atoms with Gasteiger partial charge in [-0.3, -0.25) is 10.1 Å². The van der Waals surface area contributed by atoms with Crippen molar-refractivity contribution in [2.45, 2.75) is 25.3 Å². The molecule has 7 heteroatoms. The van der Waals surface area contributed by atoms with E-state index in [1.807, 2.05) is 0 Å². The summed E-state index contributed by atoms with van der Waals surface area (Å²) in [6, 6.07) is 1.97. The number of aliphatic carboxylic acids is 1. The van der Waals surface area contributed by atoms with Crippen molar-refractivity contribution in [2.24, 2.45) is 0 Å². The Bertz CT molecular complexity index is 477. The molecule has 1 saturated heterocycles. The average Bonchev–Trinajstić information content (AvgIpc) is 2.39. The van der Waals surface area contributed by atoms with Gasteiger partial charge in [-0.1, -0.05) is 0 Å². The quantitative estimate of drug-likeness (QED) is 0.644. The fourth-order valence-corrected chi connectivity index (χ4v) is 2.14. The average molecular weight is 251 g/mol. The van der Waals surface area contributed by atoms with E-state index in [1.165, 1.54) is 18.3 Å². The van der Waals surface area contributed by atoms with Gasteiger partial charge >= 0.3 is 5.97 Å². The van der Waals surface area contributed by atoms with Crippen molar-refractivity contribution in [3.8, 4) is 0 Å². The first-order valence-electron chi connectivity index (χ1n) is 5.69. The maximum Gasteiger partial charge on any atom is 0.326 e. The van der Waals surface area contributed by atoms with Crippen LogP contribution in [0.5, 0.6) is 0 Å². The van der Waals surface area contributed by atoms with Crippen LogP contribution in [-0.2, 0) is 4.79 Å². The van der Waals surface area contributed by atoms with Crippen LogP contribution < -0.4 is 4.90 Å². The van der Waals surface area contributed by atoms with Crippen LogP contribution in [0.1, 0.15) is 19.3 Å².